The van der Waals surface area contributed by atoms with Crippen LogP contribution in [-0.4, -0.2) is 33.2 Å². The number of hydrogen-bond acceptors (Lipinski definition) is 7. The molecule has 0 aliphatic carbocycles. The van der Waals surface area contributed by atoms with Crippen LogP contribution in [-0.2, 0) is 11.2 Å². The summed E-state index contributed by atoms with van der Waals surface area (Å²) in [5, 5.41) is 12.3. The van der Waals surface area contributed by atoms with E-state index in [0.29, 0.717) is 18.5 Å². The van der Waals surface area contributed by atoms with Gasteiger partial charge in [0.05, 0.1) is 0 Å². The highest BCUT2D eigenvalue weighted by Crippen LogP contribution is 2.31. The zero-order valence-corrected chi connectivity index (χ0v) is 16.1. The number of ketones is 2. The molecule has 0 fully saturated rings. The quantitative estimate of drug-likeness (QED) is 0.438. The first-order chi connectivity index (χ1) is 12.2. The molecule has 0 aromatic carbocycles. The van der Waals surface area contributed by atoms with E-state index in [0.717, 1.165) is 53.4 Å². The Morgan fingerprint density at radius 3 is 2.60 bits per heavy atom. The van der Waals surface area contributed by atoms with E-state index < -0.39 is 6.61 Å². The molecular formula is C18H24N2O3S2. The Morgan fingerprint density at radius 1 is 1.12 bits per heavy atom. The molecule has 0 saturated carbocycles. The van der Waals surface area contributed by atoms with Gasteiger partial charge in [-0.1, -0.05) is 19.8 Å². The van der Waals surface area contributed by atoms with Crippen LogP contribution in [0.4, 0.5) is 0 Å². The fourth-order valence-electron chi connectivity index (χ4n) is 2.48. The molecule has 2 rings (SSSR count). The SMILES string of the molecule is CCCCc1sc(-c2nccs2)nc1C(=O)CCCCCC(=O)CO. The second-order valence-electron chi connectivity index (χ2n) is 5.91. The largest absolute Gasteiger partial charge is 0.389 e. The average Bonchev–Trinajstić information content (AvgIpc) is 3.28. The minimum atomic E-state index is -0.391. The fraction of sp³-hybridized carbons (Fsp3) is 0.556. The number of rotatable bonds is 12. The first-order valence-corrected chi connectivity index (χ1v) is 10.4. The number of hydrogen-bond donors (Lipinski definition) is 1. The molecule has 0 aliphatic rings. The van der Waals surface area contributed by atoms with Gasteiger partial charge in [0.25, 0.3) is 0 Å². The molecule has 0 spiro atoms. The lowest BCUT2D eigenvalue weighted by Gasteiger charge is -2.02. The Labute approximate surface area is 156 Å². The first-order valence-electron chi connectivity index (χ1n) is 8.71. The number of Topliss-reactive ketones (excluding diaryl/α,β-unsaturated/α-hetero) is 2. The predicted octanol–water partition coefficient (Wildman–Crippen LogP) is 4.30. The van der Waals surface area contributed by atoms with Gasteiger partial charge in [0, 0.05) is 29.3 Å². The van der Waals surface area contributed by atoms with E-state index in [2.05, 4.69) is 16.9 Å². The molecule has 2 heterocycles. The summed E-state index contributed by atoms with van der Waals surface area (Å²) >= 11 is 3.12. The van der Waals surface area contributed by atoms with Crippen LogP contribution < -0.4 is 0 Å². The van der Waals surface area contributed by atoms with Crippen molar-refractivity contribution >= 4 is 34.2 Å². The highest BCUT2D eigenvalue weighted by molar-refractivity contribution is 7.20. The van der Waals surface area contributed by atoms with Gasteiger partial charge in [0.15, 0.2) is 21.6 Å². The smallest absolute Gasteiger partial charge is 0.182 e. The van der Waals surface area contributed by atoms with Crippen LogP contribution in [0.3, 0.4) is 0 Å². The summed E-state index contributed by atoms with van der Waals surface area (Å²) in [5.74, 6) is -0.0561. The van der Waals surface area contributed by atoms with Gasteiger partial charge >= 0.3 is 0 Å². The van der Waals surface area contributed by atoms with Crippen molar-refractivity contribution in [2.24, 2.45) is 0 Å². The number of carbonyl (C=O) groups excluding carboxylic acids is 2. The van der Waals surface area contributed by atoms with E-state index in [4.69, 9.17) is 5.11 Å². The zero-order valence-electron chi connectivity index (χ0n) is 14.5. The molecule has 1 N–H and O–H groups in total. The molecule has 2 aromatic heterocycles. The summed E-state index contributed by atoms with van der Waals surface area (Å²) in [6, 6.07) is 0. The Balaban J connectivity index is 1.96. The lowest BCUT2D eigenvalue weighted by Crippen LogP contribution is -2.05. The van der Waals surface area contributed by atoms with E-state index in [1.54, 1.807) is 17.5 Å². The summed E-state index contributed by atoms with van der Waals surface area (Å²) in [6.45, 7) is 1.75. The van der Waals surface area contributed by atoms with Crippen LogP contribution in [0.1, 0.15) is 67.2 Å². The second-order valence-corrected chi connectivity index (χ2v) is 7.89. The van der Waals surface area contributed by atoms with Gasteiger partial charge < -0.3 is 5.11 Å². The first kappa shape index (κ1) is 19.9. The second kappa shape index (κ2) is 10.5. The Hall–Kier alpha value is -1.44. The zero-order chi connectivity index (χ0) is 18.1. The van der Waals surface area contributed by atoms with Crippen molar-refractivity contribution in [3.63, 3.8) is 0 Å². The van der Waals surface area contributed by atoms with Crippen molar-refractivity contribution in [1.29, 1.82) is 0 Å². The summed E-state index contributed by atoms with van der Waals surface area (Å²) in [7, 11) is 0. The molecule has 136 valence electrons. The average molecular weight is 381 g/mol. The molecule has 0 saturated heterocycles. The van der Waals surface area contributed by atoms with Crippen molar-refractivity contribution in [2.45, 2.75) is 58.3 Å². The lowest BCUT2D eigenvalue weighted by atomic mass is 10.1. The molecule has 7 heteroatoms. The number of unbranched alkanes of at least 4 members (excludes halogenated alkanes) is 3. The molecule has 0 radical (unpaired) electrons. The maximum absolute atomic E-state index is 12.6. The third-order valence-electron chi connectivity index (χ3n) is 3.87. The number of nitrogens with zero attached hydrogens (tertiary/aromatic N) is 2. The number of thiazole rings is 2. The number of aryl methyl sites for hydroxylation is 1. The minimum Gasteiger partial charge on any atom is -0.389 e. The summed E-state index contributed by atoms with van der Waals surface area (Å²) in [4.78, 5) is 33.6. The van der Waals surface area contributed by atoms with Crippen molar-refractivity contribution in [2.75, 3.05) is 6.61 Å². The molecule has 2 aromatic rings. The topological polar surface area (TPSA) is 80.2 Å². The minimum absolute atomic E-state index is 0.0821. The Morgan fingerprint density at radius 2 is 1.92 bits per heavy atom. The van der Waals surface area contributed by atoms with E-state index in [1.807, 2.05) is 5.38 Å². The van der Waals surface area contributed by atoms with Gasteiger partial charge in [-0.25, -0.2) is 9.97 Å². The van der Waals surface area contributed by atoms with Gasteiger partial charge in [-0.2, -0.15) is 0 Å². The molecule has 0 aliphatic heterocycles. The third-order valence-corrected chi connectivity index (χ3v) is 5.90. The molecule has 5 nitrogen and oxygen atoms in total. The van der Waals surface area contributed by atoms with E-state index in [1.165, 1.54) is 11.3 Å². The predicted molar refractivity (Wildman–Crippen MR) is 101 cm³/mol. The van der Waals surface area contributed by atoms with E-state index >= 15 is 0 Å². The summed E-state index contributed by atoms with van der Waals surface area (Å²) < 4.78 is 0. The number of carbonyl (C=O) groups is 2. The third kappa shape index (κ3) is 6.09. The fourth-order valence-corrected chi connectivity index (χ4v) is 4.28. The van der Waals surface area contributed by atoms with Crippen molar-refractivity contribution in [1.82, 2.24) is 9.97 Å². The maximum atomic E-state index is 12.6. The van der Waals surface area contributed by atoms with Crippen LogP contribution in [0, 0.1) is 0 Å². The van der Waals surface area contributed by atoms with Crippen LogP contribution in [0.2, 0.25) is 0 Å². The molecule has 0 bridgehead atoms. The summed E-state index contributed by atoms with van der Waals surface area (Å²) in [6.07, 6.45) is 7.87. The number of aliphatic hydroxyl groups excluding tert-OH is 1. The van der Waals surface area contributed by atoms with Gasteiger partial charge in [-0.3, -0.25) is 9.59 Å². The van der Waals surface area contributed by atoms with Crippen LogP contribution in [0.25, 0.3) is 10.0 Å². The van der Waals surface area contributed by atoms with Crippen molar-refractivity contribution < 1.29 is 14.7 Å². The molecule has 0 amide bonds. The van der Waals surface area contributed by atoms with E-state index in [-0.39, 0.29) is 11.6 Å². The number of aromatic nitrogens is 2. The van der Waals surface area contributed by atoms with Crippen LogP contribution in [0.15, 0.2) is 11.6 Å². The Kier molecular flexibility index (Phi) is 8.37. The van der Waals surface area contributed by atoms with E-state index in [9.17, 15) is 9.59 Å². The molecule has 0 atom stereocenters. The van der Waals surface area contributed by atoms with Gasteiger partial charge in [0.1, 0.15) is 12.3 Å². The van der Waals surface area contributed by atoms with Crippen LogP contribution >= 0.6 is 22.7 Å². The molecule has 0 unspecified atom stereocenters. The molecular weight excluding hydrogens is 356 g/mol. The normalized spacial score (nSPS) is 11.0. The highest BCUT2D eigenvalue weighted by Gasteiger charge is 2.19. The van der Waals surface area contributed by atoms with Crippen LogP contribution in [0.5, 0.6) is 0 Å². The Bertz CT molecular complexity index is 681. The monoisotopic (exact) mass is 380 g/mol. The van der Waals surface area contributed by atoms with Crippen molar-refractivity contribution in [3.8, 4) is 10.0 Å². The lowest BCUT2D eigenvalue weighted by molar-refractivity contribution is -0.121. The van der Waals surface area contributed by atoms with Gasteiger partial charge in [-0.05, 0) is 25.7 Å². The molecule has 25 heavy (non-hydrogen) atoms. The highest BCUT2D eigenvalue weighted by atomic mass is 32.1. The van der Waals surface area contributed by atoms with Crippen molar-refractivity contribution in [3.05, 3.63) is 22.1 Å². The van der Waals surface area contributed by atoms with Gasteiger partial charge in [-0.15, -0.1) is 22.7 Å². The summed E-state index contributed by atoms with van der Waals surface area (Å²) in [5.41, 5.74) is 0.607. The standard InChI is InChI=1S/C18H24N2O3S2/c1-2-3-9-15-16(20-18(25-15)17-19-10-11-24-17)14(23)8-6-4-5-7-13(22)12-21/h10-11,21H,2-9,12H2,1H3. The maximum Gasteiger partial charge on any atom is 0.182 e. The number of aliphatic hydroxyl groups is 1. The van der Waals surface area contributed by atoms with Gasteiger partial charge in [0.2, 0.25) is 0 Å².